The third kappa shape index (κ3) is 3.48. The van der Waals surface area contributed by atoms with Crippen LogP contribution in [0.15, 0.2) is 23.0 Å². The molecule has 0 saturated carbocycles. The Balaban J connectivity index is 1.99. The van der Waals surface area contributed by atoms with Gasteiger partial charge in [-0.25, -0.2) is 0 Å². The van der Waals surface area contributed by atoms with Crippen LogP contribution in [-0.2, 0) is 11.3 Å². The van der Waals surface area contributed by atoms with Crippen molar-refractivity contribution in [2.45, 2.75) is 26.8 Å². The molecule has 3 N–H and O–H groups in total. The summed E-state index contributed by atoms with van der Waals surface area (Å²) in [5, 5.41) is 2.76. The quantitative estimate of drug-likeness (QED) is 0.826. The van der Waals surface area contributed by atoms with Gasteiger partial charge in [-0.2, -0.15) is 0 Å². The Morgan fingerprint density at radius 1 is 1.41 bits per heavy atom. The van der Waals surface area contributed by atoms with Crippen molar-refractivity contribution in [3.05, 3.63) is 38.4 Å². The number of ether oxygens (including phenoxy) is 1. The highest BCUT2D eigenvalue weighted by atomic mass is 32.1. The SMILES string of the molecule is COc1ccc(NC(=O)CCn2c(C)c(C)sc2=O)cc1N. The van der Waals surface area contributed by atoms with Crippen LogP contribution >= 0.6 is 11.3 Å². The number of hydrogen-bond donors (Lipinski definition) is 2. The number of methoxy groups -OCH3 is 1. The number of thiazole rings is 1. The Bertz CT molecular complexity index is 749. The fourth-order valence-electron chi connectivity index (χ4n) is 2.09. The minimum absolute atomic E-state index is 0.0310. The Morgan fingerprint density at radius 3 is 2.68 bits per heavy atom. The largest absolute Gasteiger partial charge is 0.495 e. The summed E-state index contributed by atoms with van der Waals surface area (Å²) in [6.45, 7) is 4.15. The minimum atomic E-state index is -0.167. The number of amides is 1. The highest BCUT2D eigenvalue weighted by molar-refractivity contribution is 7.09. The molecule has 6 nitrogen and oxygen atoms in total. The van der Waals surface area contributed by atoms with Crippen molar-refractivity contribution >= 4 is 28.6 Å². The third-order valence-corrected chi connectivity index (χ3v) is 4.45. The molecule has 7 heteroatoms. The van der Waals surface area contributed by atoms with E-state index in [0.717, 1.165) is 10.6 Å². The fourth-order valence-corrected chi connectivity index (χ4v) is 2.95. The molecule has 1 aromatic carbocycles. The van der Waals surface area contributed by atoms with Gasteiger partial charge < -0.3 is 20.4 Å². The third-order valence-electron chi connectivity index (χ3n) is 3.45. The zero-order valence-corrected chi connectivity index (χ0v) is 13.6. The Morgan fingerprint density at radius 2 is 2.14 bits per heavy atom. The van der Waals surface area contributed by atoms with E-state index in [9.17, 15) is 9.59 Å². The summed E-state index contributed by atoms with van der Waals surface area (Å²) in [6, 6.07) is 5.06. The van der Waals surface area contributed by atoms with Gasteiger partial charge in [-0.1, -0.05) is 11.3 Å². The average Bonchev–Trinajstić information content (AvgIpc) is 2.70. The second-order valence-corrected chi connectivity index (χ2v) is 6.08. The van der Waals surface area contributed by atoms with E-state index in [-0.39, 0.29) is 17.2 Å². The van der Waals surface area contributed by atoms with Crippen LogP contribution in [0, 0.1) is 13.8 Å². The summed E-state index contributed by atoms with van der Waals surface area (Å²) in [4.78, 5) is 24.7. The van der Waals surface area contributed by atoms with Gasteiger partial charge in [0.05, 0.1) is 12.8 Å². The van der Waals surface area contributed by atoms with E-state index in [2.05, 4.69) is 5.32 Å². The maximum atomic E-state index is 12.0. The van der Waals surface area contributed by atoms with Gasteiger partial charge >= 0.3 is 4.87 Å². The van der Waals surface area contributed by atoms with Gasteiger partial charge in [-0.3, -0.25) is 9.59 Å². The molecule has 22 heavy (non-hydrogen) atoms. The number of aromatic nitrogens is 1. The number of hydrogen-bond acceptors (Lipinski definition) is 5. The molecule has 2 rings (SSSR count). The first-order valence-corrected chi connectivity index (χ1v) is 7.64. The molecule has 0 atom stereocenters. The van der Waals surface area contributed by atoms with E-state index in [0.29, 0.717) is 23.7 Å². The molecular formula is C15H19N3O3S. The van der Waals surface area contributed by atoms with Crippen molar-refractivity contribution in [1.82, 2.24) is 4.57 Å². The summed E-state index contributed by atoms with van der Waals surface area (Å²) in [5.74, 6) is 0.397. The topological polar surface area (TPSA) is 86.3 Å². The monoisotopic (exact) mass is 321 g/mol. The normalized spacial score (nSPS) is 10.5. The van der Waals surface area contributed by atoms with Crippen LogP contribution < -0.4 is 20.7 Å². The molecule has 0 aliphatic rings. The number of nitrogen functional groups attached to an aromatic ring is 1. The molecule has 118 valence electrons. The zero-order valence-electron chi connectivity index (χ0n) is 12.8. The van der Waals surface area contributed by atoms with Crippen LogP contribution in [0.3, 0.4) is 0 Å². The van der Waals surface area contributed by atoms with E-state index < -0.39 is 0 Å². The number of carbonyl (C=O) groups is 1. The minimum Gasteiger partial charge on any atom is -0.495 e. The molecule has 0 spiro atoms. The first kappa shape index (κ1) is 16.1. The fraction of sp³-hybridized carbons (Fsp3) is 0.333. The molecule has 2 aromatic rings. The van der Waals surface area contributed by atoms with Crippen molar-refractivity contribution in [2.75, 3.05) is 18.2 Å². The number of anilines is 2. The standard InChI is InChI=1S/C15H19N3O3S/c1-9-10(2)22-15(20)18(9)7-6-14(19)17-11-4-5-13(21-3)12(16)8-11/h4-5,8H,6-7,16H2,1-3H3,(H,17,19). The maximum absolute atomic E-state index is 12.0. The van der Waals surface area contributed by atoms with Crippen molar-refractivity contribution in [3.63, 3.8) is 0 Å². The number of nitrogens with zero attached hydrogens (tertiary/aromatic N) is 1. The van der Waals surface area contributed by atoms with Gasteiger partial charge in [0.1, 0.15) is 5.75 Å². The Labute approximate surface area is 132 Å². The van der Waals surface area contributed by atoms with Crippen LogP contribution in [0.25, 0.3) is 0 Å². The lowest BCUT2D eigenvalue weighted by Gasteiger charge is -2.09. The van der Waals surface area contributed by atoms with Gasteiger partial charge in [0.2, 0.25) is 5.91 Å². The number of aryl methyl sites for hydroxylation is 1. The molecule has 0 unspecified atom stereocenters. The number of carbonyl (C=O) groups excluding carboxylic acids is 1. The highest BCUT2D eigenvalue weighted by Gasteiger charge is 2.10. The number of rotatable bonds is 5. The summed E-state index contributed by atoms with van der Waals surface area (Å²) in [5.41, 5.74) is 7.77. The van der Waals surface area contributed by atoms with Gasteiger partial charge in [0.25, 0.3) is 0 Å². The lowest BCUT2D eigenvalue weighted by Crippen LogP contribution is -2.20. The Hall–Kier alpha value is -2.28. The van der Waals surface area contributed by atoms with Gasteiger partial charge in [0.15, 0.2) is 0 Å². The van der Waals surface area contributed by atoms with Crippen molar-refractivity contribution in [1.29, 1.82) is 0 Å². The summed E-state index contributed by atoms with van der Waals surface area (Å²) in [7, 11) is 1.53. The number of nitrogens with two attached hydrogens (primary N) is 1. The molecule has 0 aliphatic carbocycles. The molecular weight excluding hydrogens is 302 g/mol. The molecule has 1 heterocycles. The highest BCUT2D eigenvalue weighted by Crippen LogP contribution is 2.24. The summed E-state index contributed by atoms with van der Waals surface area (Å²) >= 11 is 1.20. The van der Waals surface area contributed by atoms with E-state index >= 15 is 0 Å². The zero-order chi connectivity index (χ0) is 16.3. The number of benzene rings is 1. The molecule has 0 fully saturated rings. The lowest BCUT2D eigenvalue weighted by molar-refractivity contribution is -0.116. The van der Waals surface area contributed by atoms with Crippen LogP contribution in [0.2, 0.25) is 0 Å². The lowest BCUT2D eigenvalue weighted by atomic mass is 10.2. The van der Waals surface area contributed by atoms with Gasteiger partial charge in [-0.05, 0) is 32.0 Å². The van der Waals surface area contributed by atoms with Gasteiger partial charge in [-0.15, -0.1) is 0 Å². The van der Waals surface area contributed by atoms with Crippen LogP contribution in [0.5, 0.6) is 5.75 Å². The van der Waals surface area contributed by atoms with E-state index in [4.69, 9.17) is 10.5 Å². The predicted molar refractivity (Wildman–Crippen MR) is 88.7 cm³/mol. The van der Waals surface area contributed by atoms with E-state index in [1.165, 1.54) is 18.4 Å². The average molecular weight is 321 g/mol. The molecule has 1 amide bonds. The summed E-state index contributed by atoms with van der Waals surface area (Å²) in [6.07, 6.45) is 0.225. The smallest absolute Gasteiger partial charge is 0.307 e. The van der Waals surface area contributed by atoms with Crippen molar-refractivity contribution < 1.29 is 9.53 Å². The first-order valence-electron chi connectivity index (χ1n) is 6.82. The van der Waals surface area contributed by atoms with Crippen LogP contribution in [-0.4, -0.2) is 17.6 Å². The van der Waals surface area contributed by atoms with Crippen molar-refractivity contribution in [2.24, 2.45) is 0 Å². The second kappa shape index (κ2) is 6.65. The van der Waals surface area contributed by atoms with Crippen molar-refractivity contribution in [3.8, 4) is 5.75 Å². The maximum Gasteiger partial charge on any atom is 0.307 e. The van der Waals surface area contributed by atoms with E-state index in [1.807, 2.05) is 13.8 Å². The van der Waals surface area contributed by atoms with E-state index in [1.54, 1.807) is 22.8 Å². The molecule has 0 bridgehead atoms. The predicted octanol–water partition coefficient (Wildman–Crippen LogP) is 2.15. The summed E-state index contributed by atoms with van der Waals surface area (Å²) < 4.78 is 6.69. The Kier molecular flexibility index (Phi) is 4.87. The van der Waals surface area contributed by atoms with Crippen LogP contribution in [0.1, 0.15) is 17.0 Å². The molecule has 0 radical (unpaired) electrons. The number of nitrogens with one attached hydrogen (secondary N) is 1. The first-order chi connectivity index (χ1) is 10.4. The molecule has 1 aromatic heterocycles. The second-order valence-electron chi connectivity index (χ2n) is 4.92. The molecule has 0 aliphatic heterocycles. The molecule has 0 saturated heterocycles. The van der Waals surface area contributed by atoms with Crippen LogP contribution in [0.4, 0.5) is 11.4 Å². The van der Waals surface area contributed by atoms with Gasteiger partial charge in [0, 0.05) is 29.2 Å².